The van der Waals surface area contributed by atoms with Gasteiger partial charge in [0.15, 0.2) is 11.5 Å². The summed E-state index contributed by atoms with van der Waals surface area (Å²) < 4.78 is 17.4. The Hall–Kier alpha value is -1.79. The van der Waals surface area contributed by atoms with Crippen LogP contribution < -0.4 is 19.9 Å². The van der Waals surface area contributed by atoms with Crippen LogP contribution in [0.15, 0.2) is 34.9 Å². The van der Waals surface area contributed by atoms with Crippen LogP contribution >= 0.6 is 15.9 Å². The molecule has 2 rings (SSSR count). The van der Waals surface area contributed by atoms with Gasteiger partial charge in [-0.2, -0.15) is 0 Å². The van der Waals surface area contributed by atoms with Crippen molar-refractivity contribution in [1.29, 1.82) is 0 Å². The fourth-order valence-corrected chi connectivity index (χ4v) is 2.07. The van der Waals surface area contributed by atoms with E-state index in [2.05, 4.69) is 20.9 Å². The molecule has 0 aliphatic heterocycles. The van der Waals surface area contributed by atoms with Crippen LogP contribution in [0.2, 0.25) is 0 Å². The average Bonchev–Trinajstić information content (AvgIpc) is 2.53. The van der Waals surface area contributed by atoms with Gasteiger partial charge in [0, 0.05) is 17.2 Å². The second-order valence-corrected chi connectivity index (χ2v) is 5.21. The van der Waals surface area contributed by atoms with E-state index in [0.717, 1.165) is 15.7 Å². The number of nitrogens with zero attached hydrogens (tertiary/aromatic N) is 1. The lowest BCUT2D eigenvalue weighted by molar-refractivity contribution is 0.262. The molecule has 0 aliphatic carbocycles. The van der Waals surface area contributed by atoms with E-state index in [9.17, 15) is 0 Å². The van der Waals surface area contributed by atoms with Crippen molar-refractivity contribution in [2.24, 2.45) is 5.73 Å². The highest BCUT2D eigenvalue weighted by atomic mass is 79.9. The lowest BCUT2D eigenvalue weighted by Gasteiger charge is -2.15. The van der Waals surface area contributed by atoms with E-state index >= 15 is 0 Å². The molecule has 5 nitrogen and oxygen atoms in total. The minimum atomic E-state index is 0.321. The second-order valence-electron chi connectivity index (χ2n) is 4.29. The Kier molecular flexibility index (Phi) is 5.41. The largest absolute Gasteiger partial charge is 0.493 e. The highest BCUT2D eigenvalue weighted by molar-refractivity contribution is 9.10. The molecular weight excluding hydrogens is 336 g/mol. The summed E-state index contributed by atoms with van der Waals surface area (Å²) in [5.74, 6) is 1.72. The standard InChI is InChI=1S/C15H17BrN2O3/c1-19-13-5-10(7-17)6-14(20-2)15(13)21-9-12-4-3-11(16)8-18-12/h3-6,8H,7,9,17H2,1-2H3. The molecule has 0 radical (unpaired) electrons. The molecule has 0 unspecified atom stereocenters. The van der Waals surface area contributed by atoms with Crippen molar-refractivity contribution in [2.75, 3.05) is 14.2 Å². The van der Waals surface area contributed by atoms with Crippen LogP contribution in [0.4, 0.5) is 0 Å². The summed E-state index contributed by atoms with van der Waals surface area (Å²) in [6.07, 6.45) is 1.73. The van der Waals surface area contributed by atoms with Gasteiger partial charge in [0.05, 0.1) is 19.9 Å². The van der Waals surface area contributed by atoms with Crippen molar-refractivity contribution in [3.63, 3.8) is 0 Å². The van der Waals surface area contributed by atoms with E-state index in [1.165, 1.54) is 0 Å². The van der Waals surface area contributed by atoms with Gasteiger partial charge < -0.3 is 19.9 Å². The molecule has 0 amide bonds. The fourth-order valence-electron chi connectivity index (χ4n) is 1.83. The molecule has 0 saturated heterocycles. The summed E-state index contributed by atoms with van der Waals surface area (Å²) in [5.41, 5.74) is 7.38. The molecule has 0 aliphatic rings. The van der Waals surface area contributed by atoms with Gasteiger partial charge in [-0.15, -0.1) is 0 Å². The summed E-state index contributed by atoms with van der Waals surface area (Å²) in [7, 11) is 3.17. The summed E-state index contributed by atoms with van der Waals surface area (Å²) in [5, 5.41) is 0. The van der Waals surface area contributed by atoms with Crippen molar-refractivity contribution in [3.05, 3.63) is 46.2 Å². The van der Waals surface area contributed by atoms with Crippen LogP contribution in [0.5, 0.6) is 17.2 Å². The minimum Gasteiger partial charge on any atom is -0.493 e. The number of ether oxygens (including phenoxy) is 3. The number of rotatable bonds is 6. The Morgan fingerprint density at radius 2 is 1.81 bits per heavy atom. The Labute approximate surface area is 132 Å². The highest BCUT2D eigenvalue weighted by Crippen LogP contribution is 2.38. The van der Waals surface area contributed by atoms with Crippen LogP contribution in [0, 0.1) is 0 Å². The summed E-state index contributed by atoms with van der Waals surface area (Å²) in [6, 6.07) is 7.48. The number of aromatic nitrogens is 1. The van der Waals surface area contributed by atoms with Crippen molar-refractivity contribution < 1.29 is 14.2 Å². The van der Waals surface area contributed by atoms with Crippen LogP contribution in [-0.4, -0.2) is 19.2 Å². The van der Waals surface area contributed by atoms with Gasteiger partial charge in [-0.3, -0.25) is 4.98 Å². The lowest BCUT2D eigenvalue weighted by Crippen LogP contribution is -2.04. The molecule has 21 heavy (non-hydrogen) atoms. The van der Waals surface area contributed by atoms with Crippen molar-refractivity contribution in [2.45, 2.75) is 13.2 Å². The normalized spacial score (nSPS) is 10.3. The van der Waals surface area contributed by atoms with E-state index in [1.54, 1.807) is 20.4 Å². The predicted octanol–water partition coefficient (Wildman–Crippen LogP) is 2.90. The molecular formula is C15H17BrN2O3. The van der Waals surface area contributed by atoms with Gasteiger partial charge in [0.1, 0.15) is 6.61 Å². The molecule has 112 valence electrons. The van der Waals surface area contributed by atoms with Gasteiger partial charge in [-0.05, 0) is 45.8 Å². The maximum Gasteiger partial charge on any atom is 0.203 e. The summed E-state index contributed by atoms with van der Waals surface area (Å²) >= 11 is 3.35. The SMILES string of the molecule is COc1cc(CN)cc(OC)c1OCc1ccc(Br)cn1. The first kappa shape index (κ1) is 15.6. The van der Waals surface area contributed by atoms with Crippen LogP contribution in [0.1, 0.15) is 11.3 Å². The molecule has 1 aromatic carbocycles. The second kappa shape index (κ2) is 7.28. The first-order valence-corrected chi connectivity index (χ1v) is 7.15. The number of methoxy groups -OCH3 is 2. The van der Waals surface area contributed by atoms with E-state index < -0.39 is 0 Å². The van der Waals surface area contributed by atoms with E-state index in [4.69, 9.17) is 19.9 Å². The van der Waals surface area contributed by atoms with Gasteiger partial charge in [-0.1, -0.05) is 0 Å². The fraction of sp³-hybridized carbons (Fsp3) is 0.267. The maximum absolute atomic E-state index is 5.81. The van der Waals surface area contributed by atoms with Crippen LogP contribution in [0.25, 0.3) is 0 Å². The summed E-state index contributed by atoms with van der Waals surface area (Å²) in [4.78, 5) is 4.26. The molecule has 1 heterocycles. The molecule has 0 bridgehead atoms. The van der Waals surface area contributed by atoms with E-state index in [-0.39, 0.29) is 0 Å². The van der Waals surface area contributed by atoms with E-state index in [0.29, 0.717) is 30.4 Å². The Morgan fingerprint density at radius 3 is 2.29 bits per heavy atom. The number of pyridine rings is 1. The smallest absolute Gasteiger partial charge is 0.203 e. The number of hydrogen-bond acceptors (Lipinski definition) is 5. The number of hydrogen-bond donors (Lipinski definition) is 1. The number of benzene rings is 1. The zero-order chi connectivity index (χ0) is 15.2. The molecule has 0 atom stereocenters. The predicted molar refractivity (Wildman–Crippen MR) is 83.7 cm³/mol. The van der Waals surface area contributed by atoms with Crippen LogP contribution in [0.3, 0.4) is 0 Å². The van der Waals surface area contributed by atoms with Gasteiger partial charge in [0.25, 0.3) is 0 Å². The number of nitrogens with two attached hydrogens (primary N) is 1. The van der Waals surface area contributed by atoms with Crippen LogP contribution in [-0.2, 0) is 13.2 Å². The Bertz CT molecular complexity index is 577. The van der Waals surface area contributed by atoms with E-state index in [1.807, 2.05) is 24.3 Å². The average molecular weight is 353 g/mol. The number of halogens is 1. The first-order chi connectivity index (χ1) is 10.2. The molecule has 1 aromatic heterocycles. The van der Waals surface area contributed by atoms with Crippen molar-refractivity contribution in [3.8, 4) is 17.2 Å². The maximum atomic E-state index is 5.81. The van der Waals surface area contributed by atoms with Gasteiger partial charge in [0.2, 0.25) is 5.75 Å². The molecule has 0 saturated carbocycles. The molecule has 0 spiro atoms. The first-order valence-electron chi connectivity index (χ1n) is 6.36. The zero-order valence-corrected chi connectivity index (χ0v) is 13.5. The molecule has 0 fully saturated rings. The molecule has 2 N–H and O–H groups in total. The monoisotopic (exact) mass is 352 g/mol. The summed E-state index contributed by atoms with van der Waals surface area (Å²) in [6.45, 7) is 0.725. The third-order valence-corrected chi connectivity index (χ3v) is 3.38. The Morgan fingerprint density at radius 1 is 1.14 bits per heavy atom. The third-order valence-electron chi connectivity index (χ3n) is 2.91. The third kappa shape index (κ3) is 3.86. The molecule has 6 heteroatoms. The highest BCUT2D eigenvalue weighted by Gasteiger charge is 2.14. The Balaban J connectivity index is 2.23. The van der Waals surface area contributed by atoms with Crippen molar-refractivity contribution in [1.82, 2.24) is 4.98 Å². The quantitative estimate of drug-likeness (QED) is 0.865. The topological polar surface area (TPSA) is 66.6 Å². The van der Waals surface area contributed by atoms with Crippen molar-refractivity contribution >= 4 is 15.9 Å². The van der Waals surface area contributed by atoms with Gasteiger partial charge >= 0.3 is 0 Å². The minimum absolute atomic E-state index is 0.321. The molecule has 2 aromatic rings. The van der Waals surface area contributed by atoms with Gasteiger partial charge in [-0.25, -0.2) is 0 Å². The lowest BCUT2D eigenvalue weighted by atomic mass is 10.2. The zero-order valence-electron chi connectivity index (χ0n) is 11.9.